The molecule has 0 bridgehead atoms. The average Bonchev–Trinajstić information content (AvgIpc) is 2.82. The minimum absolute atomic E-state index is 0.0997. The molecule has 0 saturated heterocycles. The van der Waals surface area contributed by atoms with E-state index in [-0.39, 0.29) is 11.9 Å². The number of allylic oxidation sites excluding steroid dienone is 1. The van der Waals surface area contributed by atoms with E-state index in [1.165, 1.54) is 6.20 Å². The molecule has 3 N–H and O–H groups in total. The second-order valence-electron chi connectivity index (χ2n) is 4.10. The SMILES string of the molecule is C=CC.CN/C=C(\F)c1cccc2c1COC2CN. The Balaban J connectivity index is 0.000000550. The zero-order valence-electron chi connectivity index (χ0n) is 11.4. The first-order valence-corrected chi connectivity index (χ1v) is 6.23. The molecule has 4 heteroatoms. The zero-order chi connectivity index (χ0) is 14.3. The van der Waals surface area contributed by atoms with E-state index in [4.69, 9.17) is 10.5 Å². The number of nitrogens with two attached hydrogens (primary N) is 1. The van der Waals surface area contributed by atoms with Crippen LogP contribution in [0.5, 0.6) is 0 Å². The van der Waals surface area contributed by atoms with Crippen molar-refractivity contribution in [1.82, 2.24) is 5.32 Å². The summed E-state index contributed by atoms with van der Waals surface area (Å²) in [6, 6.07) is 5.52. The number of halogens is 1. The van der Waals surface area contributed by atoms with Gasteiger partial charge in [-0.1, -0.05) is 24.3 Å². The summed E-state index contributed by atoms with van der Waals surface area (Å²) in [5.41, 5.74) is 8.08. The first kappa shape index (κ1) is 15.4. The molecule has 1 atom stereocenters. The summed E-state index contributed by atoms with van der Waals surface area (Å²) in [7, 11) is 1.67. The molecular weight excluding hydrogens is 243 g/mol. The molecule has 0 fully saturated rings. The Labute approximate surface area is 114 Å². The number of benzene rings is 1. The van der Waals surface area contributed by atoms with Gasteiger partial charge in [0.05, 0.1) is 12.7 Å². The molecule has 3 nitrogen and oxygen atoms in total. The van der Waals surface area contributed by atoms with E-state index < -0.39 is 0 Å². The van der Waals surface area contributed by atoms with Crippen LogP contribution < -0.4 is 11.1 Å². The molecule has 0 aromatic heterocycles. The van der Waals surface area contributed by atoms with Gasteiger partial charge in [0, 0.05) is 25.4 Å². The largest absolute Gasteiger partial charge is 0.392 e. The zero-order valence-corrected chi connectivity index (χ0v) is 11.4. The van der Waals surface area contributed by atoms with Gasteiger partial charge in [0.1, 0.15) is 5.83 Å². The van der Waals surface area contributed by atoms with Crippen LogP contribution in [0.2, 0.25) is 0 Å². The number of rotatable bonds is 3. The minimum Gasteiger partial charge on any atom is -0.392 e. The van der Waals surface area contributed by atoms with Gasteiger partial charge in [0.25, 0.3) is 0 Å². The van der Waals surface area contributed by atoms with Crippen molar-refractivity contribution in [3.05, 3.63) is 53.7 Å². The molecule has 0 amide bonds. The molecule has 1 aliphatic heterocycles. The Morgan fingerprint density at radius 1 is 1.63 bits per heavy atom. The van der Waals surface area contributed by atoms with E-state index in [1.807, 2.05) is 19.1 Å². The van der Waals surface area contributed by atoms with Gasteiger partial charge in [-0.15, -0.1) is 6.58 Å². The fourth-order valence-electron chi connectivity index (χ4n) is 1.96. The molecule has 104 valence electrons. The first-order chi connectivity index (χ1) is 9.19. The maximum Gasteiger partial charge on any atom is 0.146 e. The quantitative estimate of drug-likeness (QED) is 0.825. The Bertz CT molecular complexity index is 457. The van der Waals surface area contributed by atoms with Crippen molar-refractivity contribution in [2.45, 2.75) is 19.6 Å². The normalized spacial score (nSPS) is 17.3. The molecule has 2 rings (SSSR count). The molecule has 1 aliphatic rings. The van der Waals surface area contributed by atoms with Crippen LogP contribution in [0.1, 0.15) is 29.7 Å². The Kier molecular flexibility index (Phi) is 6.25. The lowest BCUT2D eigenvalue weighted by atomic mass is 9.99. The molecule has 1 unspecified atom stereocenters. The maximum atomic E-state index is 13.7. The van der Waals surface area contributed by atoms with Crippen molar-refractivity contribution in [3.8, 4) is 0 Å². The van der Waals surface area contributed by atoms with Crippen molar-refractivity contribution in [1.29, 1.82) is 0 Å². The Morgan fingerprint density at radius 3 is 2.89 bits per heavy atom. The van der Waals surface area contributed by atoms with Gasteiger partial charge in [-0.25, -0.2) is 4.39 Å². The molecular formula is C15H21FN2O. The molecule has 1 aromatic carbocycles. The fraction of sp³-hybridized carbons (Fsp3) is 0.333. The second kappa shape index (κ2) is 7.71. The summed E-state index contributed by atoms with van der Waals surface area (Å²) in [5.74, 6) is -0.277. The van der Waals surface area contributed by atoms with Gasteiger partial charge in [-0.05, 0) is 18.1 Å². The minimum atomic E-state index is -0.277. The van der Waals surface area contributed by atoms with Gasteiger partial charge in [0.15, 0.2) is 0 Å². The van der Waals surface area contributed by atoms with Crippen molar-refractivity contribution < 1.29 is 9.13 Å². The Morgan fingerprint density at radius 2 is 2.32 bits per heavy atom. The highest BCUT2D eigenvalue weighted by atomic mass is 19.1. The first-order valence-electron chi connectivity index (χ1n) is 6.23. The molecule has 0 aliphatic carbocycles. The maximum absolute atomic E-state index is 13.7. The lowest BCUT2D eigenvalue weighted by Gasteiger charge is -2.08. The van der Waals surface area contributed by atoms with Crippen molar-refractivity contribution in [3.63, 3.8) is 0 Å². The van der Waals surface area contributed by atoms with Gasteiger partial charge in [-0.3, -0.25) is 0 Å². The van der Waals surface area contributed by atoms with Gasteiger partial charge in [0.2, 0.25) is 0 Å². The van der Waals surface area contributed by atoms with Crippen LogP contribution in [0.3, 0.4) is 0 Å². The van der Waals surface area contributed by atoms with Crippen LogP contribution in [0, 0.1) is 0 Å². The lowest BCUT2D eigenvalue weighted by Crippen LogP contribution is -2.10. The van der Waals surface area contributed by atoms with Gasteiger partial charge in [-0.2, -0.15) is 0 Å². The number of ether oxygens (including phenoxy) is 1. The Hall–Kier alpha value is -1.65. The molecule has 1 heterocycles. The van der Waals surface area contributed by atoms with E-state index in [9.17, 15) is 4.39 Å². The lowest BCUT2D eigenvalue weighted by molar-refractivity contribution is 0.0723. The number of hydrogen-bond donors (Lipinski definition) is 2. The summed E-state index contributed by atoms with van der Waals surface area (Å²) in [4.78, 5) is 0. The monoisotopic (exact) mass is 264 g/mol. The summed E-state index contributed by atoms with van der Waals surface area (Å²) in [5, 5.41) is 2.68. The van der Waals surface area contributed by atoms with Gasteiger partial charge >= 0.3 is 0 Å². The third-order valence-corrected chi connectivity index (χ3v) is 2.73. The summed E-state index contributed by atoms with van der Waals surface area (Å²) < 4.78 is 19.2. The van der Waals surface area contributed by atoms with Gasteiger partial charge < -0.3 is 15.8 Å². The van der Waals surface area contributed by atoms with Crippen molar-refractivity contribution >= 4 is 5.83 Å². The predicted octanol–water partition coefficient (Wildman–Crippen LogP) is 2.90. The van der Waals surface area contributed by atoms with E-state index in [0.29, 0.717) is 18.7 Å². The molecule has 1 aromatic rings. The predicted molar refractivity (Wildman–Crippen MR) is 77.0 cm³/mol. The second-order valence-corrected chi connectivity index (χ2v) is 4.10. The smallest absolute Gasteiger partial charge is 0.146 e. The summed E-state index contributed by atoms with van der Waals surface area (Å²) >= 11 is 0. The number of hydrogen-bond acceptors (Lipinski definition) is 3. The standard InChI is InChI=1S/C12H15FN2O.C3H6/c1-15-6-11(13)8-3-2-4-9-10(8)7-16-12(9)5-14;1-3-2/h2-4,6,12,15H,5,7,14H2,1H3;3H,1H2,2H3/b11-6-;. The van der Waals surface area contributed by atoms with Crippen LogP contribution in [0.15, 0.2) is 37.1 Å². The fourth-order valence-corrected chi connectivity index (χ4v) is 1.96. The van der Waals surface area contributed by atoms with E-state index in [1.54, 1.807) is 19.2 Å². The van der Waals surface area contributed by atoms with Crippen LogP contribution in [-0.2, 0) is 11.3 Å². The molecule has 19 heavy (non-hydrogen) atoms. The third kappa shape index (κ3) is 3.66. The van der Waals surface area contributed by atoms with Crippen LogP contribution >= 0.6 is 0 Å². The number of nitrogens with one attached hydrogen (secondary N) is 1. The van der Waals surface area contributed by atoms with Crippen molar-refractivity contribution in [2.75, 3.05) is 13.6 Å². The number of fused-ring (bicyclic) bond motifs is 1. The highest BCUT2D eigenvalue weighted by molar-refractivity contribution is 5.64. The van der Waals surface area contributed by atoms with Crippen LogP contribution in [0.25, 0.3) is 5.83 Å². The van der Waals surface area contributed by atoms with E-state index >= 15 is 0 Å². The van der Waals surface area contributed by atoms with Crippen LogP contribution in [-0.4, -0.2) is 13.6 Å². The van der Waals surface area contributed by atoms with Crippen molar-refractivity contribution in [2.24, 2.45) is 5.73 Å². The van der Waals surface area contributed by atoms with E-state index in [2.05, 4.69) is 11.9 Å². The van der Waals surface area contributed by atoms with Crippen LogP contribution in [0.4, 0.5) is 4.39 Å². The highest BCUT2D eigenvalue weighted by Gasteiger charge is 2.25. The third-order valence-electron chi connectivity index (χ3n) is 2.73. The summed E-state index contributed by atoms with van der Waals surface area (Å²) in [6.45, 7) is 6.10. The summed E-state index contributed by atoms with van der Waals surface area (Å²) in [6.07, 6.45) is 2.99. The average molecular weight is 264 g/mol. The topological polar surface area (TPSA) is 47.3 Å². The van der Waals surface area contributed by atoms with E-state index in [0.717, 1.165) is 11.1 Å². The molecule has 0 spiro atoms. The molecule has 0 saturated carbocycles. The molecule has 0 radical (unpaired) electrons. The highest BCUT2D eigenvalue weighted by Crippen LogP contribution is 2.34.